The molecular formula is C29H28N2O7. The lowest BCUT2D eigenvalue weighted by Gasteiger charge is -2.36. The Morgan fingerprint density at radius 2 is 1.61 bits per heavy atom. The van der Waals surface area contributed by atoms with Crippen molar-refractivity contribution in [3.8, 4) is 11.5 Å². The van der Waals surface area contributed by atoms with Crippen LogP contribution in [0.3, 0.4) is 0 Å². The number of ketones is 1. The molecule has 0 unspecified atom stereocenters. The van der Waals surface area contributed by atoms with Crippen LogP contribution in [0.2, 0.25) is 0 Å². The van der Waals surface area contributed by atoms with Crippen molar-refractivity contribution in [2.45, 2.75) is 24.4 Å². The van der Waals surface area contributed by atoms with Crippen molar-refractivity contribution in [3.63, 3.8) is 0 Å². The molecule has 4 atom stereocenters. The van der Waals surface area contributed by atoms with Gasteiger partial charge in [0.1, 0.15) is 6.04 Å². The van der Waals surface area contributed by atoms with Crippen molar-refractivity contribution in [2.24, 2.45) is 5.92 Å². The van der Waals surface area contributed by atoms with Crippen molar-refractivity contribution < 1.29 is 28.7 Å². The third kappa shape index (κ3) is 4.18. The third-order valence-corrected chi connectivity index (χ3v) is 7.68. The summed E-state index contributed by atoms with van der Waals surface area (Å²) in [5.74, 6) is -0.698. The molecule has 0 amide bonds. The molecule has 0 radical (unpaired) electrons. The average molecular weight is 517 g/mol. The van der Waals surface area contributed by atoms with Gasteiger partial charge in [-0.15, -0.1) is 0 Å². The molecule has 9 nitrogen and oxygen atoms in total. The summed E-state index contributed by atoms with van der Waals surface area (Å²) in [6.45, 7) is 0.523. The summed E-state index contributed by atoms with van der Waals surface area (Å²) in [4.78, 5) is 40.5. The molecule has 5 rings (SSSR count). The van der Waals surface area contributed by atoms with Crippen LogP contribution in [0.1, 0.15) is 39.0 Å². The Hall–Kier alpha value is -4.24. The van der Waals surface area contributed by atoms with E-state index in [0.29, 0.717) is 35.6 Å². The number of nitro groups is 1. The number of nitrogens with zero attached hydrogens (tertiary/aromatic N) is 2. The van der Waals surface area contributed by atoms with Crippen molar-refractivity contribution in [3.05, 3.63) is 99.1 Å². The van der Waals surface area contributed by atoms with Gasteiger partial charge in [0.25, 0.3) is 5.69 Å². The van der Waals surface area contributed by atoms with Gasteiger partial charge in [-0.3, -0.25) is 24.6 Å². The normalized spacial score (nSPS) is 22.2. The second-order valence-electron chi connectivity index (χ2n) is 9.44. The summed E-state index contributed by atoms with van der Waals surface area (Å²) in [5.41, 5.74) is 3.04. The van der Waals surface area contributed by atoms with Gasteiger partial charge < -0.3 is 14.2 Å². The van der Waals surface area contributed by atoms with Crippen LogP contribution < -0.4 is 9.47 Å². The van der Waals surface area contributed by atoms with Crippen LogP contribution in [0.4, 0.5) is 5.69 Å². The number of fused-ring (bicyclic) bond motifs is 3. The first-order chi connectivity index (χ1) is 18.4. The van der Waals surface area contributed by atoms with Gasteiger partial charge in [0.15, 0.2) is 17.3 Å². The van der Waals surface area contributed by atoms with E-state index >= 15 is 0 Å². The summed E-state index contributed by atoms with van der Waals surface area (Å²) in [7, 11) is 4.47. The Labute approximate surface area is 220 Å². The number of Topliss-reactive ketones (excluding diaryl/α,β-unsaturated/α-hetero) is 1. The molecule has 2 aliphatic rings. The number of ether oxygens (including phenoxy) is 3. The predicted octanol–water partition coefficient (Wildman–Crippen LogP) is 4.35. The van der Waals surface area contributed by atoms with Crippen LogP contribution in [0, 0.1) is 16.0 Å². The molecule has 0 aliphatic carbocycles. The summed E-state index contributed by atoms with van der Waals surface area (Å²) < 4.78 is 16.4. The Bertz CT molecular complexity index is 1370. The highest BCUT2D eigenvalue weighted by molar-refractivity contribution is 6.00. The maximum Gasteiger partial charge on any atom is 0.323 e. The van der Waals surface area contributed by atoms with Gasteiger partial charge >= 0.3 is 5.97 Å². The monoisotopic (exact) mass is 516 g/mol. The minimum atomic E-state index is -0.759. The largest absolute Gasteiger partial charge is 0.493 e. The lowest BCUT2D eigenvalue weighted by molar-refractivity contribution is -0.384. The number of carbonyl (C=O) groups excluding carboxylic acids is 2. The first-order valence-electron chi connectivity index (χ1n) is 12.3. The highest BCUT2D eigenvalue weighted by Crippen LogP contribution is 2.54. The van der Waals surface area contributed by atoms with Gasteiger partial charge in [-0.05, 0) is 35.2 Å². The summed E-state index contributed by atoms with van der Waals surface area (Å²) in [6, 6.07) is 17.7. The maximum atomic E-state index is 14.3. The van der Waals surface area contributed by atoms with Crippen LogP contribution in [0.15, 0.2) is 66.7 Å². The van der Waals surface area contributed by atoms with E-state index in [2.05, 4.69) is 0 Å². The van der Waals surface area contributed by atoms with Gasteiger partial charge in [-0.2, -0.15) is 0 Å². The minimum Gasteiger partial charge on any atom is -0.493 e. The van der Waals surface area contributed by atoms with Crippen LogP contribution in [-0.4, -0.2) is 55.5 Å². The van der Waals surface area contributed by atoms with Crippen molar-refractivity contribution in [1.82, 2.24) is 4.90 Å². The molecule has 3 aromatic carbocycles. The summed E-state index contributed by atoms with van der Waals surface area (Å²) in [6.07, 6.45) is 0.638. The highest BCUT2D eigenvalue weighted by Gasteiger charge is 2.57. The predicted molar refractivity (Wildman–Crippen MR) is 139 cm³/mol. The SMILES string of the molecule is COC(=O)[C@@H]1[C@H](c2ccc([N+](=O)[O-])cc2)[C@@H](C(=O)c2ccccc2)[C@@H]2c3cc(OC)c(OC)cc3CCN12. The zero-order chi connectivity index (χ0) is 27.0. The van der Waals surface area contributed by atoms with Crippen molar-refractivity contribution >= 4 is 17.4 Å². The maximum absolute atomic E-state index is 14.3. The van der Waals surface area contributed by atoms with E-state index in [9.17, 15) is 19.7 Å². The van der Waals surface area contributed by atoms with Gasteiger partial charge in [0.05, 0.1) is 32.2 Å². The van der Waals surface area contributed by atoms with Crippen molar-refractivity contribution in [1.29, 1.82) is 0 Å². The number of methoxy groups -OCH3 is 3. The highest BCUT2D eigenvalue weighted by atomic mass is 16.6. The number of hydrogen-bond acceptors (Lipinski definition) is 8. The second-order valence-corrected chi connectivity index (χ2v) is 9.44. The van der Waals surface area contributed by atoms with E-state index in [-0.39, 0.29) is 11.5 Å². The number of non-ortho nitro benzene ring substituents is 1. The fourth-order valence-corrected chi connectivity index (χ4v) is 6.02. The molecule has 0 spiro atoms. The lowest BCUT2D eigenvalue weighted by atomic mass is 9.75. The fraction of sp³-hybridized carbons (Fsp3) is 0.310. The lowest BCUT2D eigenvalue weighted by Crippen LogP contribution is -2.43. The van der Waals surface area contributed by atoms with Gasteiger partial charge in [0.2, 0.25) is 0 Å². The molecule has 2 heterocycles. The molecule has 2 aliphatic heterocycles. The number of esters is 1. The van der Waals surface area contributed by atoms with Crippen LogP contribution in [0.5, 0.6) is 11.5 Å². The first kappa shape index (κ1) is 25.4. The number of nitro benzene ring substituents is 1. The molecule has 38 heavy (non-hydrogen) atoms. The van der Waals surface area contributed by atoms with E-state index in [4.69, 9.17) is 14.2 Å². The second kappa shape index (κ2) is 10.3. The molecule has 1 fully saturated rings. The van der Waals surface area contributed by atoms with E-state index in [1.165, 1.54) is 19.2 Å². The Balaban J connectivity index is 1.73. The summed E-state index contributed by atoms with van der Waals surface area (Å²) >= 11 is 0. The Morgan fingerprint density at radius 1 is 0.947 bits per heavy atom. The van der Waals surface area contributed by atoms with Gasteiger partial charge in [-0.1, -0.05) is 42.5 Å². The number of carbonyl (C=O) groups is 2. The molecule has 196 valence electrons. The van der Waals surface area contributed by atoms with Crippen LogP contribution in [-0.2, 0) is 16.0 Å². The van der Waals surface area contributed by atoms with Gasteiger partial charge in [0, 0.05) is 36.2 Å². The molecule has 0 N–H and O–H groups in total. The van der Waals surface area contributed by atoms with E-state index < -0.39 is 34.8 Å². The smallest absolute Gasteiger partial charge is 0.323 e. The first-order valence-corrected chi connectivity index (χ1v) is 12.3. The molecular weight excluding hydrogens is 488 g/mol. The fourth-order valence-electron chi connectivity index (χ4n) is 6.02. The summed E-state index contributed by atoms with van der Waals surface area (Å²) in [5, 5.41) is 11.3. The number of benzene rings is 3. The third-order valence-electron chi connectivity index (χ3n) is 7.68. The molecule has 0 aromatic heterocycles. The van der Waals surface area contributed by atoms with Gasteiger partial charge in [-0.25, -0.2) is 0 Å². The number of rotatable bonds is 7. The Kier molecular flexibility index (Phi) is 6.86. The molecule has 0 bridgehead atoms. The zero-order valence-electron chi connectivity index (χ0n) is 21.3. The quantitative estimate of drug-likeness (QED) is 0.197. The van der Waals surface area contributed by atoms with E-state index in [0.717, 1.165) is 11.1 Å². The molecule has 3 aromatic rings. The van der Waals surface area contributed by atoms with Crippen LogP contribution >= 0.6 is 0 Å². The Morgan fingerprint density at radius 3 is 2.21 bits per heavy atom. The zero-order valence-corrected chi connectivity index (χ0v) is 21.3. The molecule has 1 saturated heterocycles. The van der Waals surface area contributed by atoms with Crippen LogP contribution in [0.25, 0.3) is 0 Å². The molecule has 9 heteroatoms. The molecule has 0 saturated carbocycles. The van der Waals surface area contributed by atoms with E-state index in [1.54, 1.807) is 50.6 Å². The topological polar surface area (TPSA) is 108 Å². The van der Waals surface area contributed by atoms with Crippen molar-refractivity contribution in [2.75, 3.05) is 27.9 Å². The van der Waals surface area contributed by atoms with E-state index in [1.807, 2.05) is 23.1 Å². The number of hydrogen-bond donors (Lipinski definition) is 0. The standard InChI is InChI=1S/C29H28N2O7/c1-36-22-15-19-13-14-30-26(21(19)16-23(22)37-2)25(28(32)18-7-5-4-6-8-18)24(27(30)29(33)38-3)17-9-11-20(12-10-17)31(34)35/h4-12,15-16,24-27H,13-14H2,1-3H3/t24-,25-,26+,27+/m1/s1. The average Bonchev–Trinajstić information content (AvgIpc) is 3.31. The minimum absolute atomic E-state index is 0.0628.